The number of amides is 1. The van der Waals surface area contributed by atoms with E-state index in [9.17, 15) is 9.59 Å². The lowest BCUT2D eigenvalue weighted by molar-refractivity contribution is 0.0929. The molecule has 1 aromatic heterocycles. The number of likely N-dealkylation sites (tertiary alicyclic amines) is 1. The van der Waals surface area contributed by atoms with E-state index < -0.39 is 5.91 Å². The molecule has 0 radical (unpaired) electrons. The number of benzene rings is 2. The van der Waals surface area contributed by atoms with E-state index in [-0.39, 0.29) is 17.2 Å². The summed E-state index contributed by atoms with van der Waals surface area (Å²) in [6.45, 7) is 4.34. The van der Waals surface area contributed by atoms with Gasteiger partial charge in [-0.3, -0.25) is 14.5 Å². The van der Waals surface area contributed by atoms with Gasteiger partial charge in [-0.1, -0.05) is 48.5 Å². The molecular formula is C23H24N4O2. The molecule has 148 valence electrons. The monoisotopic (exact) mass is 388 g/mol. The van der Waals surface area contributed by atoms with Crippen LogP contribution in [0.1, 0.15) is 28.2 Å². The van der Waals surface area contributed by atoms with E-state index in [2.05, 4.69) is 27.4 Å². The van der Waals surface area contributed by atoms with Gasteiger partial charge in [-0.15, -0.1) is 0 Å². The minimum absolute atomic E-state index is 0.0129. The molecule has 6 heteroatoms. The summed E-state index contributed by atoms with van der Waals surface area (Å²) in [7, 11) is 0. The van der Waals surface area contributed by atoms with E-state index in [1.54, 1.807) is 4.68 Å². The van der Waals surface area contributed by atoms with Crippen LogP contribution in [0.25, 0.3) is 5.69 Å². The van der Waals surface area contributed by atoms with E-state index in [1.165, 1.54) is 11.6 Å². The Labute approximate surface area is 169 Å². The van der Waals surface area contributed by atoms with Gasteiger partial charge in [-0.2, -0.15) is 5.10 Å². The maximum Gasteiger partial charge on any atom is 0.276 e. The second-order valence-electron chi connectivity index (χ2n) is 7.43. The second-order valence-corrected chi connectivity index (χ2v) is 7.43. The molecule has 29 heavy (non-hydrogen) atoms. The summed E-state index contributed by atoms with van der Waals surface area (Å²) < 4.78 is 1.63. The zero-order valence-electron chi connectivity index (χ0n) is 16.4. The smallest absolute Gasteiger partial charge is 0.276 e. The first-order chi connectivity index (χ1) is 14.1. The summed E-state index contributed by atoms with van der Waals surface area (Å²) in [6.07, 6.45) is 0.858. The van der Waals surface area contributed by atoms with Crippen LogP contribution >= 0.6 is 0 Å². The van der Waals surface area contributed by atoms with Crippen molar-refractivity contribution in [2.75, 3.05) is 13.1 Å². The fourth-order valence-corrected chi connectivity index (χ4v) is 3.72. The van der Waals surface area contributed by atoms with Crippen molar-refractivity contribution < 1.29 is 4.79 Å². The number of nitrogens with zero attached hydrogens (tertiary/aromatic N) is 3. The zero-order valence-corrected chi connectivity index (χ0v) is 16.4. The fraction of sp³-hybridized carbons (Fsp3) is 0.261. The summed E-state index contributed by atoms with van der Waals surface area (Å²) in [5.74, 6) is -0.411. The van der Waals surface area contributed by atoms with Gasteiger partial charge < -0.3 is 5.32 Å². The number of carbonyl (C=O) groups is 1. The Kier molecular flexibility index (Phi) is 5.53. The molecular weight excluding hydrogens is 364 g/mol. The third kappa shape index (κ3) is 4.43. The molecule has 2 aromatic carbocycles. The van der Waals surface area contributed by atoms with Crippen molar-refractivity contribution in [3.63, 3.8) is 0 Å². The van der Waals surface area contributed by atoms with Crippen LogP contribution in [0.5, 0.6) is 0 Å². The lowest BCUT2D eigenvalue weighted by atomic mass is 10.2. The average molecular weight is 388 g/mol. The maximum atomic E-state index is 12.8. The number of hydrogen-bond acceptors (Lipinski definition) is 4. The summed E-state index contributed by atoms with van der Waals surface area (Å²) in [5.41, 5.74) is 2.33. The van der Waals surface area contributed by atoms with Crippen molar-refractivity contribution >= 4 is 5.91 Å². The molecule has 1 saturated heterocycles. The van der Waals surface area contributed by atoms with Gasteiger partial charge in [-0.25, -0.2) is 4.68 Å². The molecule has 0 aliphatic carbocycles. The normalized spacial score (nSPS) is 16.7. The Bertz CT molecular complexity index is 1050. The largest absolute Gasteiger partial charge is 0.346 e. The number of aryl methyl sites for hydroxylation is 1. The Hall–Kier alpha value is -3.25. The minimum atomic E-state index is -0.411. The maximum absolute atomic E-state index is 12.8. The van der Waals surface area contributed by atoms with Crippen LogP contribution in [0.4, 0.5) is 0 Å². The van der Waals surface area contributed by atoms with Crippen molar-refractivity contribution in [3.8, 4) is 5.69 Å². The summed E-state index contributed by atoms with van der Waals surface area (Å²) in [6, 6.07) is 21.3. The number of carbonyl (C=O) groups excluding carboxylic acids is 1. The molecule has 1 atom stereocenters. The highest BCUT2D eigenvalue weighted by Crippen LogP contribution is 2.14. The van der Waals surface area contributed by atoms with Gasteiger partial charge in [-0.05, 0) is 31.0 Å². The Morgan fingerprint density at radius 1 is 1.10 bits per heavy atom. The van der Waals surface area contributed by atoms with Crippen LogP contribution in [0, 0.1) is 6.92 Å². The number of rotatable bonds is 5. The highest BCUT2D eigenvalue weighted by molar-refractivity contribution is 5.92. The van der Waals surface area contributed by atoms with E-state index in [1.807, 2.05) is 55.5 Å². The van der Waals surface area contributed by atoms with E-state index in [0.717, 1.165) is 31.7 Å². The summed E-state index contributed by atoms with van der Waals surface area (Å²) in [4.78, 5) is 27.5. The molecule has 4 rings (SSSR count). The first-order valence-electron chi connectivity index (χ1n) is 9.84. The van der Waals surface area contributed by atoms with Crippen molar-refractivity contribution in [1.29, 1.82) is 0 Å². The molecule has 1 amide bonds. The topological polar surface area (TPSA) is 67.2 Å². The average Bonchev–Trinajstić information content (AvgIpc) is 3.16. The molecule has 1 unspecified atom stereocenters. The SMILES string of the molecule is Cc1cc(=O)c(C(=O)NC2CCN(Cc3ccccc3)C2)nn1-c1ccccc1. The molecule has 0 saturated carbocycles. The molecule has 1 N–H and O–H groups in total. The minimum Gasteiger partial charge on any atom is -0.346 e. The molecule has 0 bridgehead atoms. The van der Waals surface area contributed by atoms with E-state index in [0.29, 0.717) is 5.69 Å². The molecule has 3 aromatic rings. The lowest BCUT2D eigenvalue weighted by Crippen LogP contribution is -2.40. The highest BCUT2D eigenvalue weighted by atomic mass is 16.2. The van der Waals surface area contributed by atoms with Crippen molar-refractivity contribution in [1.82, 2.24) is 20.0 Å². The molecule has 1 aliphatic rings. The van der Waals surface area contributed by atoms with Crippen molar-refractivity contribution in [3.05, 3.63) is 93.9 Å². The zero-order chi connectivity index (χ0) is 20.2. The van der Waals surface area contributed by atoms with Gasteiger partial charge in [0.15, 0.2) is 5.69 Å². The number of nitrogens with one attached hydrogen (secondary N) is 1. The quantitative estimate of drug-likeness (QED) is 0.729. The first-order valence-corrected chi connectivity index (χ1v) is 9.84. The molecule has 1 aliphatic heterocycles. The Balaban J connectivity index is 1.46. The van der Waals surface area contributed by atoms with Gasteiger partial charge in [0.1, 0.15) is 0 Å². The fourth-order valence-electron chi connectivity index (χ4n) is 3.72. The second kappa shape index (κ2) is 8.41. The number of aromatic nitrogens is 2. The number of hydrogen-bond donors (Lipinski definition) is 1. The van der Waals surface area contributed by atoms with Crippen LogP contribution in [-0.2, 0) is 6.54 Å². The number of para-hydroxylation sites is 1. The van der Waals surface area contributed by atoms with Gasteiger partial charge in [0.2, 0.25) is 5.43 Å². The predicted octanol–water partition coefficient (Wildman–Crippen LogP) is 2.55. The van der Waals surface area contributed by atoms with Crippen molar-refractivity contribution in [2.45, 2.75) is 25.9 Å². The lowest BCUT2D eigenvalue weighted by Gasteiger charge is -2.17. The summed E-state index contributed by atoms with van der Waals surface area (Å²) >= 11 is 0. The van der Waals surface area contributed by atoms with Crippen LogP contribution in [0.15, 0.2) is 71.5 Å². The van der Waals surface area contributed by atoms with E-state index >= 15 is 0 Å². The van der Waals surface area contributed by atoms with Crippen LogP contribution < -0.4 is 10.7 Å². The molecule has 2 heterocycles. The van der Waals surface area contributed by atoms with Gasteiger partial charge in [0.05, 0.1) is 5.69 Å². The van der Waals surface area contributed by atoms with Gasteiger partial charge in [0.25, 0.3) is 5.91 Å². The Morgan fingerprint density at radius 3 is 2.52 bits per heavy atom. The van der Waals surface area contributed by atoms with Crippen LogP contribution in [-0.4, -0.2) is 39.7 Å². The predicted molar refractivity (Wildman–Crippen MR) is 112 cm³/mol. The Morgan fingerprint density at radius 2 is 1.79 bits per heavy atom. The highest BCUT2D eigenvalue weighted by Gasteiger charge is 2.26. The van der Waals surface area contributed by atoms with Crippen LogP contribution in [0.3, 0.4) is 0 Å². The first kappa shape index (κ1) is 19.1. The third-order valence-corrected chi connectivity index (χ3v) is 5.18. The van der Waals surface area contributed by atoms with Crippen molar-refractivity contribution in [2.24, 2.45) is 0 Å². The standard InChI is InChI=1S/C23H24N4O2/c1-17-14-21(28)22(25-27(17)20-10-6-3-7-11-20)23(29)24-19-12-13-26(16-19)15-18-8-4-2-5-9-18/h2-11,14,19H,12-13,15-16H2,1H3,(H,24,29). The van der Waals surface area contributed by atoms with Gasteiger partial charge >= 0.3 is 0 Å². The summed E-state index contributed by atoms with van der Waals surface area (Å²) in [5, 5.41) is 7.34. The third-order valence-electron chi connectivity index (χ3n) is 5.18. The molecule has 1 fully saturated rings. The van der Waals surface area contributed by atoms with E-state index in [4.69, 9.17) is 0 Å². The van der Waals surface area contributed by atoms with Gasteiger partial charge in [0, 0.05) is 37.4 Å². The molecule has 0 spiro atoms. The van der Waals surface area contributed by atoms with Crippen LogP contribution in [0.2, 0.25) is 0 Å². The molecule has 6 nitrogen and oxygen atoms in total.